The predicted octanol–water partition coefficient (Wildman–Crippen LogP) is 1.33. The lowest BCUT2D eigenvalue weighted by molar-refractivity contribution is -0.123. The molecule has 1 fully saturated rings. The van der Waals surface area contributed by atoms with Gasteiger partial charge in [0, 0.05) is 12.6 Å². The van der Waals surface area contributed by atoms with Crippen molar-refractivity contribution < 1.29 is 19.4 Å². The third-order valence-electron chi connectivity index (χ3n) is 3.62. The molecule has 0 bridgehead atoms. The van der Waals surface area contributed by atoms with E-state index in [1.165, 1.54) is 19.2 Å². The second-order valence-electron chi connectivity index (χ2n) is 5.16. The molecule has 1 saturated heterocycles. The van der Waals surface area contributed by atoms with Crippen LogP contribution in [0.25, 0.3) is 0 Å². The van der Waals surface area contributed by atoms with E-state index in [2.05, 4.69) is 10.6 Å². The van der Waals surface area contributed by atoms with E-state index in [0.717, 1.165) is 13.0 Å². The Morgan fingerprint density at radius 3 is 2.75 bits per heavy atom. The molecule has 1 aliphatic rings. The van der Waals surface area contributed by atoms with E-state index in [1.807, 2.05) is 6.92 Å². The minimum Gasteiger partial charge on any atom is -0.497 e. The Kier molecular flexibility index (Phi) is 3.94. The highest BCUT2D eigenvalue weighted by Gasteiger charge is 2.36. The zero-order valence-corrected chi connectivity index (χ0v) is 11.5. The van der Waals surface area contributed by atoms with E-state index in [4.69, 9.17) is 9.84 Å². The number of rotatable bonds is 4. The quantitative estimate of drug-likeness (QED) is 0.773. The molecule has 1 aromatic rings. The number of amides is 1. The van der Waals surface area contributed by atoms with Crippen molar-refractivity contribution >= 4 is 17.6 Å². The van der Waals surface area contributed by atoms with Crippen molar-refractivity contribution in [2.45, 2.75) is 13.3 Å². The number of nitrogens with one attached hydrogen (secondary N) is 2. The molecule has 1 unspecified atom stereocenters. The Bertz CT molecular complexity index is 536. The number of aromatic carboxylic acids is 1. The summed E-state index contributed by atoms with van der Waals surface area (Å²) in [7, 11) is 1.49. The number of carboxylic acids is 1. The molecule has 20 heavy (non-hydrogen) atoms. The molecular weight excluding hydrogens is 260 g/mol. The van der Waals surface area contributed by atoms with E-state index in [-0.39, 0.29) is 17.2 Å². The molecule has 6 heteroatoms. The lowest BCUT2D eigenvalue weighted by atomic mass is 9.88. The standard InChI is InChI=1S/C14H18N2O4/c1-14(5-6-15-8-14)13(19)16-11-7-9(20-2)3-4-10(11)12(17)18/h3-4,7,15H,5-6,8H2,1-2H3,(H,16,19)(H,17,18). The summed E-state index contributed by atoms with van der Waals surface area (Å²) < 4.78 is 5.07. The molecule has 1 aromatic carbocycles. The number of carboxylic acid groups (broad SMARTS) is 1. The van der Waals surface area contributed by atoms with Crippen molar-refractivity contribution in [2.24, 2.45) is 5.41 Å². The van der Waals surface area contributed by atoms with Crippen molar-refractivity contribution in [3.05, 3.63) is 23.8 Å². The fraction of sp³-hybridized carbons (Fsp3) is 0.429. The Morgan fingerprint density at radius 2 is 2.20 bits per heavy atom. The van der Waals surface area contributed by atoms with Crippen molar-refractivity contribution in [2.75, 3.05) is 25.5 Å². The van der Waals surface area contributed by atoms with Crippen LogP contribution in [0.3, 0.4) is 0 Å². The lowest BCUT2D eigenvalue weighted by Gasteiger charge is -2.22. The van der Waals surface area contributed by atoms with Gasteiger partial charge in [-0.05, 0) is 32.0 Å². The van der Waals surface area contributed by atoms with Gasteiger partial charge < -0.3 is 20.5 Å². The Balaban J connectivity index is 2.27. The summed E-state index contributed by atoms with van der Waals surface area (Å²) >= 11 is 0. The molecule has 0 aliphatic carbocycles. The Labute approximate surface area is 117 Å². The Hall–Kier alpha value is -2.08. The van der Waals surface area contributed by atoms with Crippen LogP contribution < -0.4 is 15.4 Å². The molecule has 0 saturated carbocycles. The number of anilines is 1. The number of ether oxygens (including phenoxy) is 1. The molecule has 1 heterocycles. The zero-order valence-electron chi connectivity index (χ0n) is 11.5. The maximum absolute atomic E-state index is 12.3. The third-order valence-corrected chi connectivity index (χ3v) is 3.62. The van der Waals surface area contributed by atoms with Gasteiger partial charge in [0.15, 0.2) is 0 Å². The molecule has 6 nitrogen and oxygen atoms in total. The van der Waals surface area contributed by atoms with Gasteiger partial charge in [-0.1, -0.05) is 0 Å². The average Bonchev–Trinajstić information content (AvgIpc) is 2.86. The molecule has 1 aliphatic heterocycles. The first kappa shape index (κ1) is 14.3. The number of hydrogen-bond donors (Lipinski definition) is 3. The number of benzene rings is 1. The van der Waals surface area contributed by atoms with Gasteiger partial charge in [-0.15, -0.1) is 0 Å². The molecule has 0 radical (unpaired) electrons. The van der Waals surface area contributed by atoms with Gasteiger partial charge >= 0.3 is 5.97 Å². The Morgan fingerprint density at radius 1 is 1.45 bits per heavy atom. The van der Waals surface area contributed by atoms with Crippen LogP contribution in [0.1, 0.15) is 23.7 Å². The summed E-state index contributed by atoms with van der Waals surface area (Å²) in [6, 6.07) is 4.50. The van der Waals surface area contributed by atoms with Gasteiger partial charge in [-0.3, -0.25) is 4.79 Å². The van der Waals surface area contributed by atoms with Crippen molar-refractivity contribution in [1.82, 2.24) is 5.32 Å². The first-order chi connectivity index (χ1) is 9.46. The van der Waals surface area contributed by atoms with Crippen LogP contribution in [0.5, 0.6) is 5.75 Å². The van der Waals surface area contributed by atoms with Crippen molar-refractivity contribution in [3.63, 3.8) is 0 Å². The highest BCUT2D eigenvalue weighted by Crippen LogP contribution is 2.29. The number of carbonyl (C=O) groups is 2. The molecule has 1 amide bonds. The number of carbonyl (C=O) groups excluding carboxylic acids is 1. The summed E-state index contributed by atoms with van der Waals surface area (Å²) in [4.78, 5) is 23.5. The van der Waals surface area contributed by atoms with E-state index in [1.54, 1.807) is 6.07 Å². The monoisotopic (exact) mass is 278 g/mol. The minimum atomic E-state index is -1.09. The maximum atomic E-state index is 12.3. The van der Waals surface area contributed by atoms with Crippen LogP contribution in [0.15, 0.2) is 18.2 Å². The first-order valence-corrected chi connectivity index (χ1v) is 6.40. The van der Waals surface area contributed by atoms with Gasteiger partial charge in [0.1, 0.15) is 5.75 Å². The van der Waals surface area contributed by atoms with Gasteiger partial charge in [-0.2, -0.15) is 0 Å². The normalized spacial score (nSPS) is 21.5. The van der Waals surface area contributed by atoms with Crippen molar-refractivity contribution in [1.29, 1.82) is 0 Å². The highest BCUT2D eigenvalue weighted by atomic mass is 16.5. The zero-order chi connectivity index (χ0) is 14.8. The minimum absolute atomic E-state index is 0.0497. The second-order valence-corrected chi connectivity index (χ2v) is 5.16. The molecule has 0 aromatic heterocycles. The number of methoxy groups -OCH3 is 1. The SMILES string of the molecule is COc1ccc(C(=O)O)c(NC(=O)C2(C)CCNC2)c1. The average molecular weight is 278 g/mol. The van der Waals surface area contributed by atoms with E-state index >= 15 is 0 Å². The molecular formula is C14H18N2O4. The van der Waals surface area contributed by atoms with Gasteiger partial charge in [0.05, 0.1) is 23.8 Å². The molecule has 108 valence electrons. The third kappa shape index (κ3) is 2.75. The topological polar surface area (TPSA) is 87.7 Å². The fourth-order valence-electron chi connectivity index (χ4n) is 2.22. The van der Waals surface area contributed by atoms with Gasteiger partial charge in [0.25, 0.3) is 0 Å². The lowest BCUT2D eigenvalue weighted by Crippen LogP contribution is -2.35. The van der Waals surface area contributed by atoms with Crippen molar-refractivity contribution in [3.8, 4) is 5.75 Å². The second kappa shape index (κ2) is 5.50. The summed E-state index contributed by atoms with van der Waals surface area (Å²) in [5.74, 6) is -0.768. The van der Waals surface area contributed by atoms with E-state index in [9.17, 15) is 9.59 Å². The largest absolute Gasteiger partial charge is 0.497 e. The highest BCUT2D eigenvalue weighted by molar-refractivity contribution is 6.02. The van der Waals surface area contributed by atoms with Crippen LogP contribution in [0.4, 0.5) is 5.69 Å². The van der Waals surface area contributed by atoms with E-state index in [0.29, 0.717) is 12.3 Å². The molecule has 2 rings (SSSR count). The maximum Gasteiger partial charge on any atom is 0.337 e. The summed E-state index contributed by atoms with van der Waals surface area (Å²) in [6.07, 6.45) is 0.727. The van der Waals surface area contributed by atoms with Crippen LogP contribution in [0.2, 0.25) is 0 Å². The fourth-order valence-corrected chi connectivity index (χ4v) is 2.22. The smallest absolute Gasteiger partial charge is 0.337 e. The van der Waals surface area contributed by atoms with Crippen LogP contribution in [-0.2, 0) is 4.79 Å². The summed E-state index contributed by atoms with van der Waals surface area (Å²) in [6.45, 7) is 3.24. The molecule has 3 N–H and O–H groups in total. The van der Waals surface area contributed by atoms with Gasteiger partial charge in [0.2, 0.25) is 5.91 Å². The molecule has 1 atom stereocenters. The van der Waals surface area contributed by atoms with Crippen LogP contribution in [-0.4, -0.2) is 37.2 Å². The van der Waals surface area contributed by atoms with E-state index < -0.39 is 11.4 Å². The molecule has 0 spiro atoms. The van der Waals surface area contributed by atoms with Crippen LogP contribution >= 0.6 is 0 Å². The van der Waals surface area contributed by atoms with Crippen LogP contribution in [0, 0.1) is 5.41 Å². The number of hydrogen-bond acceptors (Lipinski definition) is 4. The summed E-state index contributed by atoms with van der Waals surface area (Å²) in [5, 5.41) is 15.0. The predicted molar refractivity (Wildman–Crippen MR) is 74.2 cm³/mol. The first-order valence-electron chi connectivity index (χ1n) is 6.40. The van der Waals surface area contributed by atoms with Gasteiger partial charge in [-0.25, -0.2) is 4.79 Å². The summed E-state index contributed by atoms with van der Waals surface area (Å²) in [5.41, 5.74) is -0.206.